The highest BCUT2D eigenvalue weighted by Gasteiger charge is 2.38. The quantitative estimate of drug-likeness (QED) is 0.832. The number of nitrogens with zero attached hydrogens (tertiary/aromatic N) is 2. The lowest BCUT2D eigenvalue weighted by atomic mass is 10.2. The summed E-state index contributed by atoms with van der Waals surface area (Å²) in [7, 11) is 1.72. The molecular formula is C16H18N2O3S2. The van der Waals surface area contributed by atoms with Gasteiger partial charge in [-0.3, -0.25) is 9.59 Å². The van der Waals surface area contributed by atoms with Crippen molar-refractivity contribution >= 4 is 34.9 Å². The molecule has 1 saturated heterocycles. The van der Waals surface area contributed by atoms with Crippen molar-refractivity contribution in [2.45, 2.75) is 17.5 Å². The summed E-state index contributed by atoms with van der Waals surface area (Å²) in [4.78, 5) is 28.1. The minimum Gasteiger partial charge on any atom is -0.459 e. The molecule has 3 heterocycles. The first-order valence-electron chi connectivity index (χ1n) is 7.35. The SMILES string of the molecule is C[C@@H]1S[C@H](c2ccsc2)N(CCN(C)C(=O)c2ccco2)C1=O. The number of amides is 2. The van der Waals surface area contributed by atoms with Crippen LogP contribution in [-0.2, 0) is 4.79 Å². The number of likely N-dealkylation sites (N-methyl/N-ethyl adjacent to an activating group) is 1. The van der Waals surface area contributed by atoms with Crippen LogP contribution in [-0.4, -0.2) is 47.0 Å². The lowest BCUT2D eigenvalue weighted by Gasteiger charge is -2.26. The molecule has 2 aromatic rings. The summed E-state index contributed by atoms with van der Waals surface area (Å²) in [6.07, 6.45) is 1.48. The highest BCUT2D eigenvalue weighted by molar-refractivity contribution is 8.01. The molecule has 23 heavy (non-hydrogen) atoms. The van der Waals surface area contributed by atoms with E-state index in [-0.39, 0.29) is 22.4 Å². The molecule has 2 atom stereocenters. The monoisotopic (exact) mass is 350 g/mol. The van der Waals surface area contributed by atoms with Gasteiger partial charge in [0, 0.05) is 20.1 Å². The third kappa shape index (κ3) is 3.30. The van der Waals surface area contributed by atoms with Crippen molar-refractivity contribution in [1.82, 2.24) is 9.80 Å². The van der Waals surface area contributed by atoms with Crippen LogP contribution in [0.25, 0.3) is 0 Å². The second kappa shape index (κ2) is 6.80. The van der Waals surface area contributed by atoms with E-state index in [1.54, 1.807) is 47.2 Å². The fourth-order valence-corrected chi connectivity index (χ4v) is 4.59. The summed E-state index contributed by atoms with van der Waals surface area (Å²) >= 11 is 3.29. The Morgan fingerprint density at radius 1 is 1.43 bits per heavy atom. The molecule has 7 heteroatoms. The smallest absolute Gasteiger partial charge is 0.289 e. The summed E-state index contributed by atoms with van der Waals surface area (Å²) < 4.78 is 5.13. The zero-order chi connectivity index (χ0) is 16.4. The van der Waals surface area contributed by atoms with E-state index in [4.69, 9.17) is 4.42 Å². The number of hydrogen-bond acceptors (Lipinski definition) is 5. The maximum absolute atomic E-state index is 12.4. The van der Waals surface area contributed by atoms with Crippen molar-refractivity contribution in [3.63, 3.8) is 0 Å². The van der Waals surface area contributed by atoms with Crippen molar-refractivity contribution in [3.05, 3.63) is 46.5 Å². The molecule has 0 aromatic carbocycles. The van der Waals surface area contributed by atoms with Crippen LogP contribution in [0.4, 0.5) is 0 Å². The zero-order valence-electron chi connectivity index (χ0n) is 13.0. The molecule has 0 aliphatic carbocycles. The molecule has 5 nitrogen and oxygen atoms in total. The number of carbonyl (C=O) groups excluding carboxylic acids is 2. The third-order valence-electron chi connectivity index (χ3n) is 3.83. The number of furan rings is 1. The number of thiophene rings is 1. The highest BCUT2D eigenvalue weighted by atomic mass is 32.2. The number of carbonyl (C=O) groups is 2. The van der Waals surface area contributed by atoms with Gasteiger partial charge in [-0.25, -0.2) is 0 Å². The Bertz CT molecular complexity index is 670. The van der Waals surface area contributed by atoms with Crippen LogP contribution in [0.2, 0.25) is 0 Å². The van der Waals surface area contributed by atoms with Gasteiger partial charge in [0.15, 0.2) is 5.76 Å². The van der Waals surface area contributed by atoms with Crippen LogP contribution in [0.15, 0.2) is 39.6 Å². The molecule has 0 bridgehead atoms. The minimum absolute atomic E-state index is 0.0378. The van der Waals surface area contributed by atoms with E-state index in [1.165, 1.54) is 6.26 Å². The van der Waals surface area contributed by atoms with Gasteiger partial charge >= 0.3 is 0 Å². The topological polar surface area (TPSA) is 53.8 Å². The van der Waals surface area contributed by atoms with Crippen LogP contribution in [0.1, 0.15) is 28.4 Å². The Hall–Kier alpha value is -1.73. The number of hydrogen-bond donors (Lipinski definition) is 0. The van der Waals surface area contributed by atoms with Crippen molar-refractivity contribution in [1.29, 1.82) is 0 Å². The van der Waals surface area contributed by atoms with E-state index < -0.39 is 0 Å². The van der Waals surface area contributed by atoms with Gasteiger partial charge in [0.2, 0.25) is 5.91 Å². The average Bonchev–Trinajstić information content (AvgIpc) is 3.27. The molecule has 1 fully saturated rings. The van der Waals surface area contributed by atoms with Crippen LogP contribution >= 0.6 is 23.1 Å². The normalized spacial score (nSPS) is 21.0. The molecule has 0 N–H and O–H groups in total. The van der Waals surface area contributed by atoms with E-state index in [0.717, 1.165) is 5.56 Å². The molecule has 0 saturated carbocycles. The fraction of sp³-hybridized carbons (Fsp3) is 0.375. The molecule has 0 radical (unpaired) electrons. The van der Waals surface area contributed by atoms with E-state index >= 15 is 0 Å². The number of rotatable bonds is 5. The summed E-state index contributed by atoms with van der Waals surface area (Å²) in [5, 5.41) is 4.09. The Balaban J connectivity index is 1.65. The molecule has 0 unspecified atom stereocenters. The van der Waals surface area contributed by atoms with Crippen LogP contribution in [0.3, 0.4) is 0 Å². The van der Waals surface area contributed by atoms with Crippen LogP contribution < -0.4 is 0 Å². The maximum Gasteiger partial charge on any atom is 0.289 e. The van der Waals surface area contributed by atoms with Gasteiger partial charge in [-0.2, -0.15) is 11.3 Å². The lowest BCUT2D eigenvalue weighted by molar-refractivity contribution is -0.129. The molecule has 0 spiro atoms. The largest absolute Gasteiger partial charge is 0.459 e. The Labute approximate surface area is 143 Å². The molecule has 122 valence electrons. The van der Waals surface area contributed by atoms with Gasteiger partial charge in [0.05, 0.1) is 11.5 Å². The summed E-state index contributed by atoms with van der Waals surface area (Å²) in [6.45, 7) is 2.92. The van der Waals surface area contributed by atoms with E-state index in [9.17, 15) is 9.59 Å². The Morgan fingerprint density at radius 2 is 2.26 bits per heavy atom. The fourth-order valence-electron chi connectivity index (χ4n) is 2.52. The van der Waals surface area contributed by atoms with E-state index in [0.29, 0.717) is 18.8 Å². The predicted molar refractivity (Wildman–Crippen MR) is 91.5 cm³/mol. The van der Waals surface area contributed by atoms with E-state index in [2.05, 4.69) is 11.4 Å². The summed E-state index contributed by atoms with van der Waals surface area (Å²) in [6, 6.07) is 5.39. The van der Waals surface area contributed by atoms with Gasteiger partial charge in [-0.1, -0.05) is 0 Å². The van der Waals surface area contributed by atoms with Crippen LogP contribution in [0.5, 0.6) is 0 Å². The Kier molecular flexibility index (Phi) is 4.77. The van der Waals surface area contributed by atoms with Gasteiger partial charge in [-0.15, -0.1) is 11.8 Å². The molecule has 1 aliphatic heterocycles. The molecule has 1 aliphatic rings. The molecule has 3 rings (SSSR count). The van der Waals surface area contributed by atoms with Crippen molar-refractivity contribution < 1.29 is 14.0 Å². The highest BCUT2D eigenvalue weighted by Crippen LogP contribution is 2.43. The summed E-state index contributed by atoms with van der Waals surface area (Å²) in [5.74, 6) is 0.275. The predicted octanol–water partition coefficient (Wildman–Crippen LogP) is 3.08. The van der Waals surface area contributed by atoms with Crippen LogP contribution in [0, 0.1) is 0 Å². The van der Waals surface area contributed by atoms with Crippen molar-refractivity contribution in [2.75, 3.05) is 20.1 Å². The molecular weight excluding hydrogens is 332 g/mol. The third-order valence-corrected chi connectivity index (χ3v) is 5.93. The second-order valence-corrected chi connectivity index (χ2v) is 7.63. The summed E-state index contributed by atoms with van der Waals surface area (Å²) in [5.41, 5.74) is 1.15. The maximum atomic E-state index is 12.4. The second-order valence-electron chi connectivity index (χ2n) is 5.42. The number of thioether (sulfide) groups is 1. The zero-order valence-corrected chi connectivity index (χ0v) is 14.6. The Morgan fingerprint density at radius 3 is 2.91 bits per heavy atom. The minimum atomic E-state index is -0.172. The average molecular weight is 350 g/mol. The first-order chi connectivity index (χ1) is 11.1. The van der Waals surface area contributed by atoms with Gasteiger partial charge in [-0.05, 0) is 41.4 Å². The molecule has 2 aromatic heterocycles. The first-order valence-corrected chi connectivity index (χ1v) is 9.23. The lowest BCUT2D eigenvalue weighted by Crippen LogP contribution is -2.38. The van der Waals surface area contributed by atoms with Gasteiger partial charge in [0.1, 0.15) is 5.37 Å². The van der Waals surface area contributed by atoms with Gasteiger partial charge in [0.25, 0.3) is 5.91 Å². The van der Waals surface area contributed by atoms with Crippen molar-refractivity contribution in [3.8, 4) is 0 Å². The molecule has 2 amide bonds. The van der Waals surface area contributed by atoms with Gasteiger partial charge < -0.3 is 14.2 Å². The standard InChI is InChI=1S/C16H18N2O3S2/c1-11-14(19)18(16(23-11)12-5-9-22-10-12)7-6-17(2)15(20)13-4-3-8-21-13/h3-5,8-11,16H,6-7H2,1-2H3/t11-,16+/m0/s1. The van der Waals surface area contributed by atoms with Crippen molar-refractivity contribution in [2.24, 2.45) is 0 Å². The van der Waals surface area contributed by atoms with E-state index in [1.807, 2.05) is 17.2 Å². The first kappa shape index (κ1) is 16.1.